The van der Waals surface area contributed by atoms with Gasteiger partial charge in [-0.05, 0) is 60.4 Å². The summed E-state index contributed by atoms with van der Waals surface area (Å²) in [4.78, 5) is 11.4. The predicted molar refractivity (Wildman–Crippen MR) is 88.4 cm³/mol. The third kappa shape index (κ3) is 3.84. The number of rotatable bonds is 4. The molecular formula is C19H16F3NO2. The van der Waals surface area contributed by atoms with E-state index in [4.69, 9.17) is 4.74 Å². The van der Waals surface area contributed by atoms with E-state index in [9.17, 15) is 18.0 Å². The first-order valence-corrected chi connectivity index (χ1v) is 7.77. The molecule has 2 aromatic rings. The molecule has 3 nitrogen and oxygen atoms in total. The second-order valence-corrected chi connectivity index (χ2v) is 5.78. The summed E-state index contributed by atoms with van der Waals surface area (Å²) in [6.07, 6.45) is -2.11. The molecule has 130 valence electrons. The van der Waals surface area contributed by atoms with Gasteiger partial charge in [-0.1, -0.05) is 18.7 Å². The van der Waals surface area contributed by atoms with Gasteiger partial charge in [-0.25, -0.2) is 0 Å². The summed E-state index contributed by atoms with van der Waals surface area (Å²) in [7, 11) is 0. The second kappa shape index (κ2) is 6.63. The highest BCUT2D eigenvalue weighted by atomic mass is 19.4. The Kier molecular flexibility index (Phi) is 4.53. The van der Waals surface area contributed by atoms with Gasteiger partial charge in [-0.15, -0.1) is 0 Å². The lowest BCUT2D eigenvalue weighted by atomic mass is 10.1. The van der Waals surface area contributed by atoms with E-state index in [1.807, 2.05) is 12.1 Å². The molecule has 1 aliphatic rings. The fourth-order valence-electron chi connectivity index (χ4n) is 2.88. The summed E-state index contributed by atoms with van der Waals surface area (Å²) >= 11 is 0. The van der Waals surface area contributed by atoms with Crippen LogP contribution in [-0.2, 0) is 17.4 Å². The molecule has 1 N–H and O–H groups in total. The van der Waals surface area contributed by atoms with Crippen LogP contribution >= 0.6 is 0 Å². The topological polar surface area (TPSA) is 38.3 Å². The van der Waals surface area contributed by atoms with Crippen LogP contribution in [0.2, 0.25) is 0 Å². The molecule has 1 amide bonds. The first kappa shape index (κ1) is 17.1. The number of hydrogen-bond acceptors (Lipinski definition) is 2. The maximum absolute atomic E-state index is 12.8. The number of carbonyl (C=O) groups is 1. The maximum Gasteiger partial charge on any atom is 0.416 e. The van der Waals surface area contributed by atoms with Crippen molar-refractivity contribution in [2.45, 2.75) is 25.1 Å². The monoisotopic (exact) mass is 347 g/mol. The first-order valence-electron chi connectivity index (χ1n) is 7.77. The van der Waals surface area contributed by atoms with Crippen LogP contribution in [0.25, 0.3) is 0 Å². The van der Waals surface area contributed by atoms with E-state index >= 15 is 0 Å². The van der Waals surface area contributed by atoms with E-state index in [0.717, 1.165) is 29.7 Å². The molecule has 6 heteroatoms. The Morgan fingerprint density at radius 2 is 2.04 bits per heavy atom. The van der Waals surface area contributed by atoms with E-state index in [1.54, 1.807) is 6.07 Å². The molecule has 0 fully saturated rings. The number of fused-ring (bicyclic) bond motifs is 1. The lowest BCUT2D eigenvalue weighted by Crippen LogP contribution is -2.08. The molecule has 0 saturated heterocycles. The van der Waals surface area contributed by atoms with Crippen molar-refractivity contribution in [1.82, 2.24) is 0 Å². The van der Waals surface area contributed by atoms with Gasteiger partial charge < -0.3 is 10.1 Å². The number of nitrogens with one attached hydrogen (secondary N) is 1. The molecule has 0 bridgehead atoms. The average Bonchev–Trinajstić information content (AvgIpc) is 2.96. The highest BCUT2D eigenvalue weighted by Gasteiger charge is 2.31. The van der Waals surface area contributed by atoms with Crippen molar-refractivity contribution in [3.8, 4) is 5.75 Å². The molecule has 1 atom stereocenters. The lowest BCUT2D eigenvalue weighted by Gasteiger charge is -2.16. The Balaban J connectivity index is 1.77. The lowest BCUT2D eigenvalue weighted by molar-refractivity contribution is -0.137. The standard InChI is InChI=1S/C19H16F3NO2/c1-2-18(24)23-14-7-8-16-12(10-14)6-9-17(16)25-15-5-3-4-13(11-15)19(20,21)22/h2-5,7-8,10-11,17H,1,6,9H2,(H,23,24)/t17-/m0/s1. The Hall–Kier alpha value is -2.76. The highest BCUT2D eigenvalue weighted by molar-refractivity contribution is 5.98. The first-order chi connectivity index (χ1) is 11.9. The van der Waals surface area contributed by atoms with Crippen LogP contribution in [0.15, 0.2) is 55.1 Å². The molecule has 1 aliphatic carbocycles. The molecule has 0 spiro atoms. The minimum Gasteiger partial charge on any atom is -0.486 e. The number of amides is 1. The van der Waals surface area contributed by atoms with E-state index in [0.29, 0.717) is 12.1 Å². The minimum atomic E-state index is -4.40. The van der Waals surface area contributed by atoms with Gasteiger partial charge in [0.05, 0.1) is 5.56 Å². The summed E-state index contributed by atoms with van der Waals surface area (Å²) in [5, 5.41) is 2.69. The SMILES string of the molecule is C=CC(=O)Nc1ccc2c(c1)CC[C@@H]2Oc1cccc(C(F)(F)F)c1. The van der Waals surface area contributed by atoms with Crippen LogP contribution in [0.1, 0.15) is 29.2 Å². The number of ether oxygens (including phenoxy) is 1. The molecule has 2 aromatic carbocycles. The summed E-state index contributed by atoms with van der Waals surface area (Å²) in [6.45, 7) is 3.40. The molecular weight excluding hydrogens is 331 g/mol. The number of alkyl halides is 3. The quantitative estimate of drug-likeness (QED) is 0.799. The summed E-state index contributed by atoms with van der Waals surface area (Å²) in [6, 6.07) is 10.3. The van der Waals surface area contributed by atoms with Crippen LogP contribution in [-0.4, -0.2) is 5.91 Å². The Morgan fingerprint density at radius 3 is 2.76 bits per heavy atom. The van der Waals surface area contributed by atoms with Crippen molar-refractivity contribution in [3.05, 3.63) is 71.8 Å². The molecule has 0 unspecified atom stereocenters. The smallest absolute Gasteiger partial charge is 0.416 e. The molecule has 0 aromatic heterocycles. The van der Waals surface area contributed by atoms with Crippen molar-refractivity contribution in [3.63, 3.8) is 0 Å². The van der Waals surface area contributed by atoms with Gasteiger partial charge in [0.2, 0.25) is 5.91 Å². The van der Waals surface area contributed by atoms with Gasteiger partial charge >= 0.3 is 6.18 Å². The van der Waals surface area contributed by atoms with Crippen molar-refractivity contribution in [2.24, 2.45) is 0 Å². The fourth-order valence-corrected chi connectivity index (χ4v) is 2.88. The summed E-state index contributed by atoms with van der Waals surface area (Å²) in [5.74, 6) is -0.105. The normalized spacial score (nSPS) is 16.2. The van der Waals surface area contributed by atoms with Crippen LogP contribution in [0, 0.1) is 0 Å². The molecule has 0 heterocycles. The zero-order valence-electron chi connectivity index (χ0n) is 13.3. The van der Waals surface area contributed by atoms with E-state index in [1.165, 1.54) is 18.2 Å². The largest absolute Gasteiger partial charge is 0.486 e. The molecule has 3 rings (SSSR count). The zero-order chi connectivity index (χ0) is 18.0. The van der Waals surface area contributed by atoms with Gasteiger partial charge in [-0.2, -0.15) is 13.2 Å². The fraction of sp³-hybridized carbons (Fsp3) is 0.211. The van der Waals surface area contributed by atoms with Crippen LogP contribution in [0.5, 0.6) is 5.75 Å². The predicted octanol–water partition coefficient (Wildman–Crippen LogP) is 4.90. The van der Waals surface area contributed by atoms with Crippen LogP contribution in [0.3, 0.4) is 0 Å². The van der Waals surface area contributed by atoms with Crippen LogP contribution < -0.4 is 10.1 Å². The average molecular weight is 347 g/mol. The third-order valence-corrected chi connectivity index (χ3v) is 4.06. The van der Waals surface area contributed by atoms with Gasteiger partial charge in [0.25, 0.3) is 0 Å². The van der Waals surface area contributed by atoms with Crippen molar-refractivity contribution >= 4 is 11.6 Å². The maximum atomic E-state index is 12.8. The number of carbonyl (C=O) groups excluding carboxylic acids is 1. The molecule has 25 heavy (non-hydrogen) atoms. The number of halogens is 3. The van der Waals surface area contributed by atoms with E-state index in [2.05, 4.69) is 11.9 Å². The van der Waals surface area contributed by atoms with Crippen molar-refractivity contribution in [2.75, 3.05) is 5.32 Å². The molecule has 0 saturated carbocycles. The highest BCUT2D eigenvalue weighted by Crippen LogP contribution is 2.38. The van der Waals surface area contributed by atoms with Gasteiger partial charge in [0.1, 0.15) is 11.9 Å². The van der Waals surface area contributed by atoms with Gasteiger partial charge in [0.15, 0.2) is 0 Å². The Labute approximate surface area is 143 Å². The molecule has 0 aliphatic heterocycles. The minimum absolute atomic E-state index is 0.191. The zero-order valence-corrected chi connectivity index (χ0v) is 13.3. The van der Waals surface area contributed by atoms with Crippen molar-refractivity contribution in [1.29, 1.82) is 0 Å². The van der Waals surface area contributed by atoms with E-state index < -0.39 is 11.7 Å². The third-order valence-electron chi connectivity index (χ3n) is 4.06. The molecule has 0 radical (unpaired) electrons. The number of aryl methyl sites for hydroxylation is 1. The summed E-state index contributed by atoms with van der Waals surface area (Å²) < 4.78 is 44.2. The second-order valence-electron chi connectivity index (χ2n) is 5.78. The Bertz CT molecular complexity index is 815. The van der Waals surface area contributed by atoms with Gasteiger partial charge in [0, 0.05) is 5.69 Å². The number of anilines is 1. The van der Waals surface area contributed by atoms with Gasteiger partial charge in [-0.3, -0.25) is 4.79 Å². The number of benzene rings is 2. The summed E-state index contributed by atoms with van der Waals surface area (Å²) in [5.41, 5.74) is 1.86. The number of hydrogen-bond donors (Lipinski definition) is 1. The van der Waals surface area contributed by atoms with Crippen molar-refractivity contribution < 1.29 is 22.7 Å². The van der Waals surface area contributed by atoms with E-state index in [-0.39, 0.29) is 17.8 Å². The Morgan fingerprint density at radius 1 is 1.24 bits per heavy atom. The van der Waals surface area contributed by atoms with Crippen LogP contribution in [0.4, 0.5) is 18.9 Å².